The quantitative estimate of drug-likeness (QED) is 0.288. The molecule has 2 saturated heterocycles. The van der Waals surface area contributed by atoms with Crippen molar-refractivity contribution in [2.45, 2.75) is 44.1 Å². The summed E-state index contributed by atoms with van der Waals surface area (Å²) in [5.41, 5.74) is 11.1. The molecule has 3 heterocycles. The van der Waals surface area contributed by atoms with Crippen molar-refractivity contribution in [2.24, 2.45) is 5.11 Å². The van der Waals surface area contributed by atoms with Gasteiger partial charge in [0.05, 0.1) is 6.04 Å². The van der Waals surface area contributed by atoms with Crippen LogP contribution in [0.5, 0.6) is 0 Å². The molecule has 2 fully saturated rings. The van der Waals surface area contributed by atoms with Crippen LogP contribution in [-0.4, -0.2) is 53.8 Å². The van der Waals surface area contributed by atoms with Crippen LogP contribution in [0.3, 0.4) is 0 Å². The number of hydrogen-bond acceptors (Lipinski definition) is 6. The number of nitrogens with one attached hydrogen (secondary N) is 3. The van der Waals surface area contributed by atoms with E-state index >= 15 is 0 Å². The molecule has 3 amide bonds. The molecule has 10 heteroatoms. The Kier molecular flexibility index (Phi) is 4.99. The third-order valence-corrected chi connectivity index (χ3v) is 5.54. The number of amides is 3. The van der Waals surface area contributed by atoms with Crippen LogP contribution >= 0.6 is 0 Å². The number of azide groups is 1. The third-order valence-electron chi connectivity index (χ3n) is 5.54. The largest absolute Gasteiger partial charge is 0.322 e. The zero-order valence-corrected chi connectivity index (χ0v) is 15.2. The van der Waals surface area contributed by atoms with Crippen LogP contribution in [0.15, 0.2) is 23.3 Å². The molecule has 0 spiro atoms. The predicted octanol–water partition coefficient (Wildman–Crippen LogP) is 0.188. The van der Waals surface area contributed by atoms with Crippen LogP contribution in [0, 0.1) is 0 Å². The summed E-state index contributed by atoms with van der Waals surface area (Å²) in [6.45, 7) is 2.34. The first-order chi connectivity index (χ1) is 13.6. The van der Waals surface area contributed by atoms with E-state index in [4.69, 9.17) is 5.53 Å². The number of carbonyl (C=O) groups excluding carboxylic acids is 3. The van der Waals surface area contributed by atoms with Gasteiger partial charge in [-0.3, -0.25) is 19.7 Å². The second-order valence-electron chi connectivity index (χ2n) is 7.31. The van der Waals surface area contributed by atoms with E-state index in [1.165, 1.54) is 0 Å². The average Bonchev–Trinajstić information content (AvgIpc) is 3.25. The number of carbonyl (C=O) groups is 3. The van der Waals surface area contributed by atoms with Gasteiger partial charge in [0, 0.05) is 49.1 Å². The van der Waals surface area contributed by atoms with Gasteiger partial charge in [0.15, 0.2) is 0 Å². The van der Waals surface area contributed by atoms with Crippen LogP contribution in [0.25, 0.3) is 10.4 Å². The zero-order chi connectivity index (χ0) is 19.7. The maximum Gasteiger partial charge on any atom is 0.255 e. The molecule has 28 heavy (non-hydrogen) atoms. The molecule has 146 valence electrons. The van der Waals surface area contributed by atoms with Crippen molar-refractivity contribution >= 4 is 17.7 Å². The molecule has 1 aromatic carbocycles. The molecular weight excluding hydrogens is 362 g/mol. The number of piperidine rings is 1. The van der Waals surface area contributed by atoms with Crippen molar-refractivity contribution in [3.8, 4) is 0 Å². The van der Waals surface area contributed by atoms with Gasteiger partial charge in [-0.2, -0.15) is 0 Å². The SMILES string of the molecule is [N-]=[N+]=N[C@@H]1CNC[C@@H]1NCc1ccc2c(c1)CN(C1CCC(=O)NC1=O)C2=O. The minimum atomic E-state index is -0.603. The summed E-state index contributed by atoms with van der Waals surface area (Å²) in [4.78, 5) is 40.6. The van der Waals surface area contributed by atoms with Crippen LogP contribution in [-0.2, 0) is 22.7 Å². The summed E-state index contributed by atoms with van der Waals surface area (Å²) in [6.07, 6.45) is 0.599. The number of imide groups is 1. The molecular formula is C18H21N7O3. The number of hydrogen-bond donors (Lipinski definition) is 3. The fraction of sp³-hybridized carbons (Fsp3) is 0.500. The smallest absolute Gasteiger partial charge is 0.255 e. The van der Waals surface area contributed by atoms with Gasteiger partial charge in [0.1, 0.15) is 6.04 Å². The standard InChI is InChI=1S/C18H21N7O3/c19-24-23-14-8-20-7-13(14)21-6-10-1-2-12-11(5-10)9-25(18(12)28)15-3-4-16(26)22-17(15)27/h1-2,5,13-15,20-21H,3-4,6-9H2,(H,22,26,27)/t13-,14+,15?/m0/s1. The molecule has 1 aromatic rings. The molecule has 3 N–H and O–H groups in total. The summed E-state index contributed by atoms with van der Waals surface area (Å²) in [5, 5.41) is 12.7. The number of nitrogens with zero attached hydrogens (tertiary/aromatic N) is 4. The molecule has 0 aliphatic carbocycles. The van der Waals surface area contributed by atoms with Gasteiger partial charge in [0.25, 0.3) is 5.91 Å². The molecule has 3 aliphatic rings. The van der Waals surface area contributed by atoms with Crippen molar-refractivity contribution in [1.29, 1.82) is 0 Å². The highest BCUT2D eigenvalue weighted by Gasteiger charge is 2.39. The Morgan fingerprint density at radius 2 is 2.14 bits per heavy atom. The first-order valence-electron chi connectivity index (χ1n) is 9.31. The molecule has 1 unspecified atom stereocenters. The van der Waals surface area contributed by atoms with Gasteiger partial charge in [0.2, 0.25) is 11.8 Å². The van der Waals surface area contributed by atoms with Crippen LogP contribution in [0.1, 0.15) is 34.3 Å². The van der Waals surface area contributed by atoms with E-state index in [9.17, 15) is 14.4 Å². The van der Waals surface area contributed by atoms with E-state index < -0.39 is 11.9 Å². The lowest BCUT2D eigenvalue weighted by Crippen LogP contribution is -2.52. The van der Waals surface area contributed by atoms with E-state index in [0.29, 0.717) is 31.6 Å². The molecule has 0 bridgehead atoms. The van der Waals surface area contributed by atoms with Crippen LogP contribution in [0.2, 0.25) is 0 Å². The van der Waals surface area contributed by atoms with Crippen LogP contribution < -0.4 is 16.0 Å². The van der Waals surface area contributed by atoms with Gasteiger partial charge in [-0.25, -0.2) is 0 Å². The summed E-state index contributed by atoms with van der Waals surface area (Å²) in [5.74, 6) is -0.872. The Morgan fingerprint density at radius 3 is 2.93 bits per heavy atom. The monoisotopic (exact) mass is 383 g/mol. The van der Waals surface area contributed by atoms with E-state index in [-0.39, 0.29) is 30.3 Å². The summed E-state index contributed by atoms with van der Waals surface area (Å²) in [6, 6.07) is 4.99. The van der Waals surface area contributed by atoms with E-state index in [0.717, 1.165) is 17.7 Å². The van der Waals surface area contributed by atoms with Gasteiger partial charge in [-0.15, -0.1) is 0 Å². The molecule has 3 atom stereocenters. The first-order valence-corrected chi connectivity index (χ1v) is 9.31. The van der Waals surface area contributed by atoms with E-state index in [1.807, 2.05) is 12.1 Å². The van der Waals surface area contributed by atoms with Gasteiger partial charge < -0.3 is 15.5 Å². The van der Waals surface area contributed by atoms with Gasteiger partial charge in [-0.1, -0.05) is 17.2 Å². The normalized spacial score (nSPS) is 26.8. The lowest BCUT2D eigenvalue weighted by Gasteiger charge is -2.29. The Balaban J connectivity index is 1.43. The predicted molar refractivity (Wildman–Crippen MR) is 98.9 cm³/mol. The van der Waals surface area contributed by atoms with Crippen molar-refractivity contribution < 1.29 is 14.4 Å². The molecule has 0 radical (unpaired) electrons. The molecule has 0 aromatic heterocycles. The lowest BCUT2D eigenvalue weighted by atomic mass is 10.0. The van der Waals surface area contributed by atoms with Crippen molar-refractivity contribution in [3.63, 3.8) is 0 Å². The Bertz CT molecular complexity index is 880. The second kappa shape index (κ2) is 7.59. The minimum Gasteiger partial charge on any atom is -0.322 e. The molecule has 0 saturated carbocycles. The van der Waals surface area contributed by atoms with Crippen molar-refractivity contribution in [3.05, 3.63) is 45.3 Å². The summed E-state index contributed by atoms with van der Waals surface area (Å²) in [7, 11) is 0. The van der Waals surface area contributed by atoms with Gasteiger partial charge >= 0.3 is 0 Å². The third kappa shape index (κ3) is 3.45. The first kappa shape index (κ1) is 18.4. The molecule has 10 nitrogen and oxygen atoms in total. The Hall–Kier alpha value is -2.94. The maximum atomic E-state index is 12.7. The van der Waals surface area contributed by atoms with Gasteiger partial charge in [-0.05, 0) is 29.1 Å². The maximum absolute atomic E-state index is 12.7. The zero-order valence-electron chi connectivity index (χ0n) is 15.2. The highest BCUT2D eigenvalue weighted by atomic mass is 16.2. The topological polar surface area (TPSA) is 139 Å². The molecule has 4 rings (SSSR count). The fourth-order valence-corrected chi connectivity index (χ4v) is 4.05. The Labute approximate surface area is 161 Å². The van der Waals surface area contributed by atoms with Crippen molar-refractivity contribution in [2.75, 3.05) is 13.1 Å². The number of rotatable bonds is 5. The number of fused-ring (bicyclic) bond motifs is 1. The van der Waals surface area contributed by atoms with E-state index in [1.54, 1.807) is 11.0 Å². The highest BCUT2D eigenvalue weighted by Crippen LogP contribution is 2.28. The van der Waals surface area contributed by atoms with Crippen molar-refractivity contribution in [1.82, 2.24) is 20.9 Å². The lowest BCUT2D eigenvalue weighted by molar-refractivity contribution is -0.136. The van der Waals surface area contributed by atoms with E-state index in [2.05, 4.69) is 26.0 Å². The Morgan fingerprint density at radius 1 is 1.29 bits per heavy atom. The highest BCUT2D eigenvalue weighted by molar-refractivity contribution is 6.05. The molecule has 3 aliphatic heterocycles. The summed E-state index contributed by atoms with van der Waals surface area (Å²) < 4.78 is 0. The summed E-state index contributed by atoms with van der Waals surface area (Å²) >= 11 is 0. The second-order valence-corrected chi connectivity index (χ2v) is 7.31. The average molecular weight is 383 g/mol. The van der Waals surface area contributed by atoms with Crippen LogP contribution in [0.4, 0.5) is 0 Å². The number of benzene rings is 1. The fourth-order valence-electron chi connectivity index (χ4n) is 4.05. The minimum absolute atomic E-state index is 0.0609.